The van der Waals surface area contributed by atoms with Crippen LogP contribution in [0.2, 0.25) is 0 Å². The van der Waals surface area contributed by atoms with Crippen LogP contribution in [0.1, 0.15) is 52.4 Å². The van der Waals surface area contributed by atoms with Gasteiger partial charge in [-0.2, -0.15) is 0 Å². The van der Waals surface area contributed by atoms with E-state index < -0.39 is 11.5 Å². The van der Waals surface area contributed by atoms with Crippen LogP contribution in [-0.2, 0) is 4.79 Å². The summed E-state index contributed by atoms with van der Waals surface area (Å²) in [4.78, 5) is 14.1. The third-order valence-electron chi connectivity index (χ3n) is 4.63. The molecular formula is C14H25NO2. The van der Waals surface area contributed by atoms with Gasteiger partial charge in [0.15, 0.2) is 0 Å². The first kappa shape index (κ1) is 12.9. The van der Waals surface area contributed by atoms with E-state index in [1.165, 1.54) is 12.8 Å². The van der Waals surface area contributed by atoms with Gasteiger partial charge in [-0.3, -0.25) is 9.69 Å². The van der Waals surface area contributed by atoms with Crippen LogP contribution in [-0.4, -0.2) is 34.6 Å². The van der Waals surface area contributed by atoms with Gasteiger partial charge in [-0.05, 0) is 44.1 Å². The van der Waals surface area contributed by atoms with Gasteiger partial charge < -0.3 is 5.11 Å². The zero-order valence-electron chi connectivity index (χ0n) is 11.1. The first-order valence-electron chi connectivity index (χ1n) is 7.03. The lowest BCUT2D eigenvalue weighted by Crippen LogP contribution is -2.59. The number of rotatable bonds is 2. The molecule has 3 heteroatoms. The van der Waals surface area contributed by atoms with Gasteiger partial charge in [0.05, 0.1) is 0 Å². The van der Waals surface area contributed by atoms with Gasteiger partial charge >= 0.3 is 5.97 Å². The average Bonchev–Trinajstić information content (AvgIpc) is 2.28. The van der Waals surface area contributed by atoms with Crippen molar-refractivity contribution in [1.29, 1.82) is 0 Å². The first-order chi connectivity index (χ1) is 8.04. The summed E-state index contributed by atoms with van der Waals surface area (Å²) in [6.45, 7) is 6.39. The number of hydrogen-bond acceptors (Lipinski definition) is 2. The number of carbonyl (C=O) groups is 1. The van der Waals surface area contributed by atoms with Crippen LogP contribution in [0.15, 0.2) is 0 Å². The van der Waals surface area contributed by atoms with Gasteiger partial charge in [-0.25, -0.2) is 0 Å². The Balaban J connectivity index is 2.18. The standard InChI is InChI=1S/C14H25NO2/c1-11-5-3-7-14(9-11,13(16)17)15-8-4-6-12(2)10-15/h11-12H,3-10H2,1-2H3,(H,16,17). The van der Waals surface area contributed by atoms with Crippen LogP contribution in [0.25, 0.3) is 0 Å². The van der Waals surface area contributed by atoms with Gasteiger partial charge in [0.2, 0.25) is 0 Å². The predicted molar refractivity (Wildman–Crippen MR) is 68.0 cm³/mol. The minimum absolute atomic E-state index is 0.549. The van der Waals surface area contributed by atoms with Crippen molar-refractivity contribution in [3.63, 3.8) is 0 Å². The van der Waals surface area contributed by atoms with Crippen LogP contribution in [0.5, 0.6) is 0 Å². The number of carboxylic acids is 1. The number of aliphatic carboxylic acids is 1. The number of hydrogen-bond donors (Lipinski definition) is 1. The molecular weight excluding hydrogens is 214 g/mol. The van der Waals surface area contributed by atoms with Gasteiger partial charge in [-0.15, -0.1) is 0 Å². The Hall–Kier alpha value is -0.570. The molecule has 1 N–H and O–H groups in total. The van der Waals surface area contributed by atoms with E-state index in [0.29, 0.717) is 11.8 Å². The van der Waals surface area contributed by atoms with E-state index >= 15 is 0 Å². The van der Waals surface area contributed by atoms with Crippen molar-refractivity contribution in [2.24, 2.45) is 11.8 Å². The number of likely N-dealkylation sites (tertiary alicyclic amines) is 1. The molecule has 0 aromatic rings. The maximum Gasteiger partial charge on any atom is 0.324 e. The van der Waals surface area contributed by atoms with Crippen LogP contribution in [0.4, 0.5) is 0 Å². The van der Waals surface area contributed by atoms with Crippen molar-refractivity contribution in [2.75, 3.05) is 13.1 Å². The quantitative estimate of drug-likeness (QED) is 0.805. The van der Waals surface area contributed by atoms with Crippen LogP contribution in [0, 0.1) is 11.8 Å². The van der Waals surface area contributed by atoms with Crippen LogP contribution >= 0.6 is 0 Å². The highest BCUT2D eigenvalue weighted by atomic mass is 16.4. The fraction of sp³-hybridized carbons (Fsp3) is 0.929. The highest BCUT2D eigenvalue weighted by molar-refractivity contribution is 5.79. The molecule has 3 nitrogen and oxygen atoms in total. The maximum atomic E-state index is 11.8. The van der Waals surface area contributed by atoms with Crippen molar-refractivity contribution in [2.45, 2.75) is 57.9 Å². The maximum absolute atomic E-state index is 11.8. The normalized spacial score (nSPS) is 40.1. The fourth-order valence-corrected chi connectivity index (χ4v) is 3.72. The van der Waals surface area contributed by atoms with E-state index in [4.69, 9.17) is 0 Å². The van der Waals surface area contributed by atoms with E-state index in [1.54, 1.807) is 0 Å². The molecule has 3 unspecified atom stereocenters. The van der Waals surface area contributed by atoms with Crippen molar-refractivity contribution in [1.82, 2.24) is 4.90 Å². The van der Waals surface area contributed by atoms with E-state index in [-0.39, 0.29) is 0 Å². The highest BCUT2D eigenvalue weighted by Gasteiger charge is 2.47. The third kappa shape index (κ3) is 2.49. The summed E-state index contributed by atoms with van der Waals surface area (Å²) >= 11 is 0. The third-order valence-corrected chi connectivity index (χ3v) is 4.63. The highest BCUT2D eigenvalue weighted by Crippen LogP contribution is 2.39. The molecule has 1 saturated heterocycles. The Morgan fingerprint density at radius 2 is 1.94 bits per heavy atom. The lowest BCUT2D eigenvalue weighted by molar-refractivity contribution is -0.157. The smallest absolute Gasteiger partial charge is 0.324 e. The van der Waals surface area contributed by atoms with Gasteiger partial charge in [0, 0.05) is 6.54 Å². The Kier molecular flexibility index (Phi) is 3.76. The molecule has 1 aliphatic heterocycles. The molecule has 0 aromatic heterocycles. The summed E-state index contributed by atoms with van der Waals surface area (Å²) in [5, 5.41) is 9.70. The monoisotopic (exact) mass is 239 g/mol. The molecule has 2 fully saturated rings. The second kappa shape index (κ2) is 4.97. The van der Waals surface area contributed by atoms with Crippen molar-refractivity contribution in [3.05, 3.63) is 0 Å². The first-order valence-corrected chi connectivity index (χ1v) is 7.03. The zero-order chi connectivity index (χ0) is 12.5. The topological polar surface area (TPSA) is 40.5 Å². The van der Waals surface area contributed by atoms with E-state index in [0.717, 1.165) is 38.8 Å². The molecule has 1 saturated carbocycles. The number of nitrogens with zero attached hydrogens (tertiary/aromatic N) is 1. The van der Waals surface area contributed by atoms with Crippen molar-refractivity contribution in [3.8, 4) is 0 Å². The molecule has 2 rings (SSSR count). The molecule has 0 bridgehead atoms. The summed E-state index contributed by atoms with van der Waals surface area (Å²) in [7, 11) is 0. The number of carboxylic acid groups (broad SMARTS) is 1. The average molecular weight is 239 g/mol. The molecule has 17 heavy (non-hydrogen) atoms. The van der Waals surface area contributed by atoms with Crippen molar-refractivity contribution >= 4 is 5.97 Å². The summed E-state index contributed by atoms with van der Waals surface area (Å²) in [6, 6.07) is 0. The summed E-state index contributed by atoms with van der Waals surface area (Å²) in [5.41, 5.74) is -0.549. The van der Waals surface area contributed by atoms with E-state index in [2.05, 4.69) is 18.7 Å². The Morgan fingerprint density at radius 3 is 2.53 bits per heavy atom. The second-order valence-corrected chi connectivity index (χ2v) is 6.23. The summed E-state index contributed by atoms with van der Waals surface area (Å²) in [6.07, 6.45) is 6.36. The van der Waals surface area contributed by atoms with Crippen LogP contribution < -0.4 is 0 Å². The van der Waals surface area contributed by atoms with Gasteiger partial charge in [-0.1, -0.05) is 26.7 Å². The molecule has 0 radical (unpaired) electrons. The second-order valence-electron chi connectivity index (χ2n) is 6.23. The Labute approximate surface area is 104 Å². The lowest BCUT2D eigenvalue weighted by atomic mass is 9.74. The van der Waals surface area contributed by atoms with E-state index in [9.17, 15) is 9.90 Å². The van der Waals surface area contributed by atoms with Crippen LogP contribution in [0.3, 0.4) is 0 Å². The Morgan fingerprint density at radius 1 is 1.24 bits per heavy atom. The fourth-order valence-electron chi connectivity index (χ4n) is 3.72. The van der Waals surface area contributed by atoms with E-state index in [1.807, 2.05) is 0 Å². The van der Waals surface area contributed by atoms with Gasteiger partial charge in [0.1, 0.15) is 5.54 Å². The largest absolute Gasteiger partial charge is 0.480 e. The summed E-state index contributed by atoms with van der Waals surface area (Å²) < 4.78 is 0. The predicted octanol–water partition coefficient (Wildman–Crippen LogP) is 2.75. The van der Waals surface area contributed by atoms with Gasteiger partial charge in [0.25, 0.3) is 0 Å². The SMILES string of the molecule is CC1CCCN(C2(C(=O)O)CCCC(C)C2)C1. The molecule has 1 heterocycles. The minimum Gasteiger partial charge on any atom is -0.480 e. The minimum atomic E-state index is -0.585. The molecule has 0 amide bonds. The lowest BCUT2D eigenvalue weighted by Gasteiger charge is -2.47. The zero-order valence-corrected chi connectivity index (χ0v) is 11.1. The summed E-state index contributed by atoms with van der Waals surface area (Å²) in [5.74, 6) is 0.618. The molecule has 98 valence electrons. The van der Waals surface area contributed by atoms with Crippen molar-refractivity contribution < 1.29 is 9.90 Å². The molecule has 3 atom stereocenters. The molecule has 1 aliphatic carbocycles. The Bertz CT molecular complexity index is 292. The molecule has 2 aliphatic rings. The molecule has 0 spiro atoms. The molecule has 0 aromatic carbocycles. The number of piperidine rings is 1.